The number of nitrogens with zero attached hydrogens (tertiary/aromatic N) is 1. The standard InChI is InChI=1S/C27H22F3NO4/c1-15-6-7-16(2)21(12-15)24(33)22-23(18-8-10-20(32)11-9-18)31(26(35)25(22)34)14-17-4-3-5-19(13-17)27(28,29)30/h3-13,23,32-33H,14H2,1-2H3/b24-22+. The lowest BCUT2D eigenvalue weighted by molar-refractivity contribution is -0.140. The van der Waals surface area contributed by atoms with Crippen molar-refractivity contribution in [3.05, 3.63) is 106 Å². The number of hydrogen-bond acceptors (Lipinski definition) is 4. The van der Waals surface area contributed by atoms with Crippen molar-refractivity contribution in [3.8, 4) is 5.75 Å². The van der Waals surface area contributed by atoms with E-state index in [4.69, 9.17) is 0 Å². The number of hydrogen-bond donors (Lipinski definition) is 2. The summed E-state index contributed by atoms with van der Waals surface area (Å²) in [5.41, 5.74) is 1.45. The maximum atomic E-state index is 13.2. The highest BCUT2D eigenvalue weighted by molar-refractivity contribution is 6.46. The topological polar surface area (TPSA) is 77.8 Å². The molecule has 4 rings (SSSR count). The van der Waals surface area contributed by atoms with Crippen LogP contribution in [-0.4, -0.2) is 26.8 Å². The molecule has 8 heteroatoms. The molecule has 0 aromatic heterocycles. The largest absolute Gasteiger partial charge is 0.508 e. The first-order valence-electron chi connectivity index (χ1n) is 10.8. The van der Waals surface area contributed by atoms with Crippen LogP contribution in [0.4, 0.5) is 13.2 Å². The monoisotopic (exact) mass is 481 g/mol. The molecule has 1 unspecified atom stereocenters. The van der Waals surface area contributed by atoms with E-state index < -0.39 is 29.5 Å². The number of rotatable bonds is 4. The van der Waals surface area contributed by atoms with E-state index in [1.165, 1.54) is 36.4 Å². The average molecular weight is 481 g/mol. The van der Waals surface area contributed by atoms with Gasteiger partial charge in [0.1, 0.15) is 11.5 Å². The molecule has 1 amide bonds. The molecule has 3 aromatic rings. The van der Waals surface area contributed by atoms with E-state index in [-0.39, 0.29) is 29.2 Å². The van der Waals surface area contributed by atoms with Crippen LogP contribution >= 0.6 is 0 Å². The Balaban J connectivity index is 1.87. The Bertz CT molecular complexity index is 1340. The van der Waals surface area contributed by atoms with Gasteiger partial charge in [0.15, 0.2) is 0 Å². The van der Waals surface area contributed by atoms with Gasteiger partial charge in [-0.3, -0.25) is 9.59 Å². The molecule has 0 spiro atoms. The van der Waals surface area contributed by atoms with Crippen molar-refractivity contribution in [3.63, 3.8) is 0 Å². The second-order valence-corrected chi connectivity index (χ2v) is 8.54. The summed E-state index contributed by atoms with van der Waals surface area (Å²) in [7, 11) is 0. The average Bonchev–Trinajstić information content (AvgIpc) is 3.05. The number of carbonyl (C=O) groups excluding carboxylic acids is 2. The molecule has 1 heterocycles. The van der Waals surface area contributed by atoms with Gasteiger partial charge in [0.25, 0.3) is 11.7 Å². The van der Waals surface area contributed by atoms with Crippen LogP contribution in [0, 0.1) is 13.8 Å². The number of phenolic OH excluding ortho intramolecular Hbond substituents is 1. The van der Waals surface area contributed by atoms with Gasteiger partial charge in [-0.05, 0) is 60.9 Å². The zero-order chi connectivity index (χ0) is 25.5. The van der Waals surface area contributed by atoms with Crippen molar-refractivity contribution in [1.82, 2.24) is 4.90 Å². The molecule has 0 saturated carbocycles. The van der Waals surface area contributed by atoms with Gasteiger partial charge >= 0.3 is 6.18 Å². The Morgan fingerprint density at radius 1 is 0.971 bits per heavy atom. The predicted octanol–water partition coefficient (Wildman–Crippen LogP) is 5.65. The number of aliphatic hydroxyl groups is 1. The van der Waals surface area contributed by atoms with Crippen LogP contribution in [0.5, 0.6) is 5.75 Å². The van der Waals surface area contributed by atoms with E-state index in [1.807, 2.05) is 13.0 Å². The number of carbonyl (C=O) groups is 2. The van der Waals surface area contributed by atoms with Crippen LogP contribution in [-0.2, 0) is 22.3 Å². The summed E-state index contributed by atoms with van der Waals surface area (Å²) in [4.78, 5) is 27.4. The highest BCUT2D eigenvalue weighted by Crippen LogP contribution is 2.41. The third-order valence-corrected chi connectivity index (χ3v) is 6.00. The van der Waals surface area contributed by atoms with Gasteiger partial charge in [0.2, 0.25) is 0 Å². The molecule has 1 aliphatic heterocycles. The summed E-state index contributed by atoms with van der Waals surface area (Å²) < 4.78 is 39.7. The van der Waals surface area contributed by atoms with E-state index in [0.29, 0.717) is 16.7 Å². The molecule has 0 aliphatic carbocycles. The van der Waals surface area contributed by atoms with Crippen LogP contribution in [0.15, 0.2) is 72.3 Å². The summed E-state index contributed by atoms with van der Waals surface area (Å²) in [5.74, 6) is -2.28. The predicted molar refractivity (Wildman–Crippen MR) is 123 cm³/mol. The smallest absolute Gasteiger partial charge is 0.416 e. The number of Topliss-reactive ketones (excluding diaryl/α,β-unsaturated/α-hetero) is 1. The van der Waals surface area contributed by atoms with Crippen molar-refractivity contribution < 1.29 is 33.0 Å². The fourth-order valence-corrected chi connectivity index (χ4v) is 4.23. The molecule has 0 radical (unpaired) electrons. The molecular formula is C27H22F3NO4. The summed E-state index contributed by atoms with van der Waals surface area (Å²) in [6, 6.07) is 14.5. The fraction of sp³-hybridized carbons (Fsp3) is 0.185. The minimum atomic E-state index is -4.57. The third kappa shape index (κ3) is 4.64. The highest BCUT2D eigenvalue weighted by atomic mass is 19.4. The SMILES string of the molecule is Cc1ccc(C)c(/C(O)=C2\C(=O)C(=O)N(Cc3cccc(C(F)(F)F)c3)C2c2ccc(O)cc2)c1. The zero-order valence-corrected chi connectivity index (χ0v) is 18.9. The molecule has 1 fully saturated rings. The summed E-state index contributed by atoms with van der Waals surface area (Å²) in [6.07, 6.45) is -4.57. The van der Waals surface area contributed by atoms with Gasteiger partial charge in [0.05, 0.1) is 17.2 Å². The molecule has 35 heavy (non-hydrogen) atoms. The van der Waals surface area contributed by atoms with Gasteiger partial charge in [0, 0.05) is 12.1 Å². The van der Waals surface area contributed by atoms with Crippen LogP contribution in [0.1, 0.15) is 39.4 Å². The van der Waals surface area contributed by atoms with E-state index in [9.17, 15) is 33.0 Å². The minimum Gasteiger partial charge on any atom is -0.508 e. The summed E-state index contributed by atoms with van der Waals surface area (Å²) in [5, 5.41) is 20.9. The number of benzene rings is 3. The van der Waals surface area contributed by atoms with E-state index in [0.717, 1.165) is 22.6 Å². The molecule has 0 bridgehead atoms. The lowest BCUT2D eigenvalue weighted by Gasteiger charge is -2.26. The van der Waals surface area contributed by atoms with Crippen LogP contribution in [0.2, 0.25) is 0 Å². The molecule has 5 nitrogen and oxygen atoms in total. The highest BCUT2D eigenvalue weighted by Gasteiger charge is 2.46. The Labute approximate surface area is 199 Å². The number of likely N-dealkylation sites (tertiary alicyclic amines) is 1. The first-order chi connectivity index (χ1) is 16.5. The maximum Gasteiger partial charge on any atom is 0.416 e. The first kappa shape index (κ1) is 24.1. The zero-order valence-electron chi connectivity index (χ0n) is 18.9. The molecule has 1 atom stereocenters. The number of aromatic hydroxyl groups is 1. The van der Waals surface area contributed by atoms with E-state index >= 15 is 0 Å². The Hall–Kier alpha value is -4.07. The maximum absolute atomic E-state index is 13.2. The first-order valence-corrected chi connectivity index (χ1v) is 10.8. The number of halogens is 3. The second kappa shape index (κ2) is 8.94. The van der Waals surface area contributed by atoms with Crippen molar-refractivity contribution in [1.29, 1.82) is 0 Å². The van der Waals surface area contributed by atoms with Gasteiger partial charge in [-0.1, -0.05) is 42.0 Å². The molecule has 1 aliphatic rings. The number of amides is 1. The number of aliphatic hydroxyl groups excluding tert-OH is 1. The Morgan fingerprint density at radius 2 is 1.66 bits per heavy atom. The molecule has 3 aromatic carbocycles. The van der Waals surface area contributed by atoms with Crippen LogP contribution < -0.4 is 0 Å². The number of aryl methyl sites for hydroxylation is 2. The number of alkyl halides is 3. The number of ketones is 1. The van der Waals surface area contributed by atoms with Gasteiger partial charge in [-0.15, -0.1) is 0 Å². The lowest BCUT2D eigenvalue weighted by atomic mass is 9.93. The molecule has 2 N–H and O–H groups in total. The molecule has 180 valence electrons. The molecule has 1 saturated heterocycles. The van der Waals surface area contributed by atoms with Crippen LogP contribution in [0.25, 0.3) is 5.76 Å². The second-order valence-electron chi connectivity index (χ2n) is 8.54. The van der Waals surface area contributed by atoms with Crippen molar-refractivity contribution in [2.45, 2.75) is 32.6 Å². The quantitative estimate of drug-likeness (QED) is 0.287. The van der Waals surface area contributed by atoms with Crippen molar-refractivity contribution in [2.24, 2.45) is 0 Å². The van der Waals surface area contributed by atoms with E-state index in [2.05, 4.69) is 0 Å². The minimum absolute atomic E-state index is 0.0434. The van der Waals surface area contributed by atoms with Crippen molar-refractivity contribution >= 4 is 17.4 Å². The normalized spacial score (nSPS) is 17.7. The lowest BCUT2D eigenvalue weighted by Crippen LogP contribution is -2.29. The number of phenols is 1. The Morgan fingerprint density at radius 3 is 2.31 bits per heavy atom. The summed E-state index contributed by atoms with van der Waals surface area (Å²) in [6.45, 7) is 3.28. The van der Waals surface area contributed by atoms with Crippen LogP contribution in [0.3, 0.4) is 0 Å². The van der Waals surface area contributed by atoms with Gasteiger partial charge in [-0.2, -0.15) is 13.2 Å². The Kier molecular flexibility index (Phi) is 6.15. The third-order valence-electron chi connectivity index (χ3n) is 6.00. The fourth-order valence-electron chi connectivity index (χ4n) is 4.23. The van der Waals surface area contributed by atoms with Gasteiger partial charge < -0.3 is 15.1 Å². The van der Waals surface area contributed by atoms with Crippen molar-refractivity contribution in [2.75, 3.05) is 0 Å². The molecular weight excluding hydrogens is 459 g/mol. The van der Waals surface area contributed by atoms with Gasteiger partial charge in [-0.25, -0.2) is 0 Å². The summed E-state index contributed by atoms with van der Waals surface area (Å²) >= 11 is 0. The van der Waals surface area contributed by atoms with E-state index in [1.54, 1.807) is 19.1 Å².